The Morgan fingerprint density at radius 2 is 1.86 bits per heavy atom. The van der Waals surface area contributed by atoms with Crippen molar-refractivity contribution in [1.29, 1.82) is 0 Å². The predicted octanol–water partition coefficient (Wildman–Crippen LogP) is 3.41. The van der Waals surface area contributed by atoms with Gasteiger partial charge in [-0.3, -0.25) is 9.78 Å². The van der Waals surface area contributed by atoms with Crippen LogP contribution in [-0.2, 0) is 14.8 Å². The van der Waals surface area contributed by atoms with Gasteiger partial charge in [0.15, 0.2) is 0 Å². The summed E-state index contributed by atoms with van der Waals surface area (Å²) in [5.74, 6) is -1.14. The Hall–Kier alpha value is -2.84. The SMILES string of the molecule is O=C(Nc1ccc(F)cc1)[C@@H]1CCCN(S(=O)(=O)c2cccc3cccnc23)C1. The van der Waals surface area contributed by atoms with Crippen LogP contribution < -0.4 is 5.32 Å². The molecule has 4 rings (SSSR count). The van der Waals surface area contributed by atoms with E-state index < -0.39 is 15.9 Å². The first-order valence-corrected chi connectivity index (χ1v) is 10.8. The molecule has 0 saturated carbocycles. The first-order chi connectivity index (χ1) is 13.9. The fourth-order valence-corrected chi connectivity index (χ4v) is 5.26. The summed E-state index contributed by atoms with van der Waals surface area (Å²) in [7, 11) is -3.79. The number of sulfonamides is 1. The summed E-state index contributed by atoms with van der Waals surface area (Å²) in [5, 5.41) is 3.49. The van der Waals surface area contributed by atoms with E-state index in [2.05, 4.69) is 10.3 Å². The standard InChI is InChI=1S/C21H20FN3O3S/c22-17-8-10-18(11-9-17)24-21(26)16-6-3-13-25(14-16)29(27,28)19-7-1-4-15-5-2-12-23-20(15)19/h1-2,4-5,7-12,16H,3,6,13-14H2,(H,24,26)/t16-/m1/s1. The van der Waals surface area contributed by atoms with Gasteiger partial charge in [-0.2, -0.15) is 4.31 Å². The number of carbonyl (C=O) groups excluding carboxylic acids is 1. The molecule has 0 spiro atoms. The van der Waals surface area contributed by atoms with Crippen LogP contribution in [0.1, 0.15) is 12.8 Å². The predicted molar refractivity (Wildman–Crippen MR) is 108 cm³/mol. The Bertz CT molecular complexity index is 1140. The number of rotatable bonds is 4. The Balaban J connectivity index is 1.55. The van der Waals surface area contributed by atoms with E-state index in [1.54, 1.807) is 24.4 Å². The molecule has 29 heavy (non-hydrogen) atoms. The number of hydrogen-bond acceptors (Lipinski definition) is 4. The molecule has 0 radical (unpaired) electrons. The van der Waals surface area contributed by atoms with Gasteiger partial charge in [0.25, 0.3) is 0 Å². The molecular formula is C21H20FN3O3S. The topological polar surface area (TPSA) is 79.4 Å². The van der Waals surface area contributed by atoms with Crippen LogP contribution in [0.2, 0.25) is 0 Å². The number of aromatic nitrogens is 1. The van der Waals surface area contributed by atoms with E-state index in [1.807, 2.05) is 12.1 Å². The lowest BCUT2D eigenvalue weighted by Crippen LogP contribution is -2.43. The van der Waals surface area contributed by atoms with Crippen LogP contribution >= 0.6 is 0 Å². The van der Waals surface area contributed by atoms with Gasteiger partial charge in [0.1, 0.15) is 10.7 Å². The van der Waals surface area contributed by atoms with Crippen molar-refractivity contribution >= 4 is 32.5 Å². The molecule has 150 valence electrons. The summed E-state index contributed by atoms with van der Waals surface area (Å²) in [6, 6.07) is 14.1. The first-order valence-electron chi connectivity index (χ1n) is 9.35. The maximum Gasteiger partial charge on any atom is 0.245 e. The lowest BCUT2D eigenvalue weighted by Gasteiger charge is -2.31. The number of nitrogens with one attached hydrogen (secondary N) is 1. The molecule has 0 aliphatic carbocycles. The number of carbonyl (C=O) groups is 1. The van der Waals surface area contributed by atoms with E-state index >= 15 is 0 Å². The number of fused-ring (bicyclic) bond motifs is 1. The van der Waals surface area contributed by atoms with E-state index in [0.717, 1.165) is 5.39 Å². The van der Waals surface area contributed by atoms with Crippen molar-refractivity contribution in [2.45, 2.75) is 17.7 Å². The molecule has 8 heteroatoms. The Morgan fingerprint density at radius 3 is 2.66 bits per heavy atom. The van der Waals surface area contributed by atoms with Crippen LogP contribution in [0.25, 0.3) is 10.9 Å². The number of benzene rings is 2. The number of anilines is 1. The minimum Gasteiger partial charge on any atom is -0.326 e. The lowest BCUT2D eigenvalue weighted by molar-refractivity contribution is -0.120. The number of halogens is 1. The molecule has 6 nitrogen and oxygen atoms in total. The van der Waals surface area contributed by atoms with Gasteiger partial charge in [-0.1, -0.05) is 18.2 Å². The summed E-state index contributed by atoms with van der Waals surface area (Å²) in [6.45, 7) is 0.449. The number of pyridine rings is 1. The third kappa shape index (κ3) is 3.99. The normalized spacial score (nSPS) is 17.9. The van der Waals surface area contributed by atoms with E-state index in [9.17, 15) is 17.6 Å². The molecular weight excluding hydrogens is 393 g/mol. The molecule has 1 N–H and O–H groups in total. The van der Waals surface area contributed by atoms with Crippen LogP contribution in [0.3, 0.4) is 0 Å². The van der Waals surface area contributed by atoms with Crippen LogP contribution in [0.15, 0.2) is 65.7 Å². The first kappa shape index (κ1) is 19.5. The maximum absolute atomic E-state index is 13.3. The zero-order chi connectivity index (χ0) is 20.4. The van der Waals surface area contributed by atoms with Gasteiger partial charge in [-0.15, -0.1) is 0 Å². The largest absolute Gasteiger partial charge is 0.326 e. The van der Waals surface area contributed by atoms with E-state index in [4.69, 9.17) is 0 Å². The quantitative estimate of drug-likeness (QED) is 0.711. The molecule has 3 aromatic rings. The van der Waals surface area contributed by atoms with Gasteiger partial charge >= 0.3 is 0 Å². The Morgan fingerprint density at radius 1 is 1.10 bits per heavy atom. The summed E-state index contributed by atoms with van der Waals surface area (Å²) < 4.78 is 41.0. The van der Waals surface area contributed by atoms with Crippen molar-refractivity contribution in [3.63, 3.8) is 0 Å². The molecule has 1 aliphatic heterocycles. The second kappa shape index (κ2) is 7.88. The highest BCUT2D eigenvalue weighted by Crippen LogP contribution is 2.28. The molecule has 1 aliphatic rings. The van der Waals surface area contributed by atoms with E-state index in [1.165, 1.54) is 28.6 Å². The van der Waals surface area contributed by atoms with Gasteiger partial charge in [-0.25, -0.2) is 12.8 Å². The van der Waals surface area contributed by atoms with E-state index in [-0.39, 0.29) is 23.2 Å². The minimum atomic E-state index is -3.79. The van der Waals surface area contributed by atoms with Crippen molar-refractivity contribution < 1.29 is 17.6 Å². The monoisotopic (exact) mass is 413 g/mol. The minimum absolute atomic E-state index is 0.0958. The zero-order valence-corrected chi connectivity index (χ0v) is 16.4. The van der Waals surface area contributed by atoms with Crippen LogP contribution in [0, 0.1) is 11.7 Å². The van der Waals surface area contributed by atoms with Gasteiger partial charge in [-0.05, 0) is 49.2 Å². The van der Waals surface area contributed by atoms with Crippen LogP contribution in [-0.4, -0.2) is 36.7 Å². The molecule has 2 aromatic carbocycles. The van der Waals surface area contributed by atoms with Crippen molar-refractivity contribution in [2.24, 2.45) is 5.92 Å². The summed E-state index contributed by atoms with van der Waals surface area (Å²) >= 11 is 0. The van der Waals surface area contributed by atoms with Crippen molar-refractivity contribution in [3.05, 3.63) is 66.6 Å². The fourth-order valence-electron chi connectivity index (χ4n) is 3.58. The number of hydrogen-bond donors (Lipinski definition) is 1. The average molecular weight is 413 g/mol. The molecule has 1 saturated heterocycles. The second-order valence-corrected chi connectivity index (χ2v) is 8.94. The summed E-state index contributed by atoms with van der Waals surface area (Å²) in [5.41, 5.74) is 0.905. The molecule has 0 bridgehead atoms. The maximum atomic E-state index is 13.3. The highest BCUT2D eigenvalue weighted by molar-refractivity contribution is 7.89. The van der Waals surface area contributed by atoms with E-state index in [0.29, 0.717) is 30.6 Å². The number of para-hydroxylation sites is 1. The highest BCUT2D eigenvalue weighted by Gasteiger charge is 2.34. The smallest absolute Gasteiger partial charge is 0.245 e. The third-order valence-electron chi connectivity index (χ3n) is 5.08. The lowest BCUT2D eigenvalue weighted by atomic mass is 9.99. The summed E-state index contributed by atoms with van der Waals surface area (Å²) in [6.07, 6.45) is 2.74. The Labute approximate surface area is 168 Å². The van der Waals surface area contributed by atoms with Crippen LogP contribution in [0.4, 0.5) is 10.1 Å². The molecule has 2 heterocycles. The summed E-state index contributed by atoms with van der Waals surface area (Å²) in [4.78, 5) is 17.0. The zero-order valence-electron chi connectivity index (χ0n) is 15.6. The van der Waals surface area contributed by atoms with Crippen molar-refractivity contribution in [3.8, 4) is 0 Å². The van der Waals surface area contributed by atoms with Gasteiger partial charge in [0, 0.05) is 30.4 Å². The van der Waals surface area contributed by atoms with Crippen molar-refractivity contribution in [2.75, 3.05) is 18.4 Å². The Kier molecular flexibility index (Phi) is 5.29. The van der Waals surface area contributed by atoms with Gasteiger partial charge in [0.05, 0.1) is 11.4 Å². The molecule has 1 amide bonds. The van der Waals surface area contributed by atoms with Crippen LogP contribution in [0.5, 0.6) is 0 Å². The number of piperidine rings is 1. The average Bonchev–Trinajstić information content (AvgIpc) is 2.75. The van der Waals surface area contributed by atoms with Gasteiger partial charge < -0.3 is 5.32 Å². The van der Waals surface area contributed by atoms with Crippen molar-refractivity contribution in [1.82, 2.24) is 9.29 Å². The second-order valence-electron chi connectivity index (χ2n) is 7.03. The number of amides is 1. The molecule has 0 unspecified atom stereocenters. The highest BCUT2D eigenvalue weighted by atomic mass is 32.2. The molecule has 1 fully saturated rings. The fraction of sp³-hybridized carbons (Fsp3) is 0.238. The number of nitrogens with zero attached hydrogens (tertiary/aromatic N) is 2. The molecule has 1 atom stereocenters. The van der Waals surface area contributed by atoms with Gasteiger partial charge in [0.2, 0.25) is 15.9 Å². The molecule has 1 aromatic heterocycles. The third-order valence-corrected chi connectivity index (χ3v) is 6.98.